The van der Waals surface area contributed by atoms with E-state index in [1.54, 1.807) is 20.3 Å². The van der Waals surface area contributed by atoms with Gasteiger partial charge in [0.25, 0.3) is 0 Å². The molecule has 0 spiro atoms. The lowest BCUT2D eigenvalue weighted by Crippen LogP contribution is -2.22. The Morgan fingerprint density at radius 3 is 2.68 bits per heavy atom. The van der Waals surface area contributed by atoms with Gasteiger partial charge in [0.1, 0.15) is 5.69 Å². The van der Waals surface area contributed by atoms with E-state index in [0.717, 1.165) is 6.07 Å². The molecule has 2 aromatic rings. The summed E-state index contributed by atoms with van der Waals surface area (Å²) in [6, 6.07) is 3.71. The molecule has 22 heavy (non-hydrogen) atoms. The second-order valence-electron chi connectivity index (χ2n) is 4.94. The lowest BCUT2D eigenvalue weighted by atomic mass is 10.2. The predicted molar refractivity (Wildman–Crippen MR) is 73.8 cm³/mol. The number of amides is 1. The number of aromatic nitrogens is 3. The fourth-order valence-corrected chi connectivity index (χ4v) is 1.81. The summed E-state index contributed by atoms with van der Waals surface area (Å²) in [5.74, 6) is -0.0470. The fourth-order valence-electron chi connectivity index (χ4n) is 1.81. The van der Waals surface area contributed by atoms with Crippen LogP contribution in [0.25, 0.3) is 11.3 Å². The van der Waals surface area contributed by atoms with E-state index in [1.165, 1.54) is 27.9 Å². The van der Waals surface area contributed by atoms with E-state index in [-0.39, 0.29) is 18.0 Å². The highest BCUT2D eigenvalue weighted by Gasteiger charge is 2.32. The maximum absolute atomic E-state index is 12.6. The van der Waals surface area contributed by atoms with Gasteiger partial charge in [-0.1, -0.05) is 6.07 Å². The number of halogens is 3. The lowest BCUT2D eigenvalue weighted by molar-refractivity contribution is -0.141. The highest BCUT2D eigenvalue weighted by Crippen LogP contribution is 2.29. The van der Waals surface area contributed by atoms with E-state index in [1.807, 2.05) is 0 Å². The Hall–Kier alpha value is -2.38. The van der Waals surface area contributed by atoms with Crippen LogP contribution in [0, 0.1) is 0 Å². The van der Waals surface area contributed by atoms with Crippen LogP contribution in [0.1, 0.15) is 12.1 Å². The molecule has 0 aliphatic heterocycles. The predicted octanol–water partition coefficient (Wildman–Crippen LogP) is 2.44. The lowest BCUT2D eigenvalue weighted by Gasteiger charge is -2.09. The number of alkyl halides is 3. The quantitative estimate of drug-likeness (QED) is 0.871. The van der Waals surface area contributed by atoms with Gasteiger partial charge in [0.15, 0.2) is 0 Å². The van der Waals surface area contributed by atoms with Crippen LogP contribution in [0.4, 0.5) is 13.2 Å². The average molecular weight is 312 g/mol. The zero-order valence-corrected chi connectivity index (χ0v) is 12.1. The summed E-state index contributed by atoms with van der Waals surface area (Å²) in [7, 11) is 3.31. The SMILES string of the molecule is CN(C)C(=O)CCn1cc(-c2cccc(C(F)(F)F)n2)cn1. The molecule has 0 N–H and O–H groups in total. The van der Waals surface area contributed by atoms with Crippen molar-refractivity contribution in [3.8, 4) is 11.3 Å². The van der Waals surface area contributed by atoms with Crippen molar-refractivity contribution in [2.75, 3.05) is 14.1 Å². The van der Waals surface area contributed by atoms with Gasteiger partial charge in [-0.2, -0.15) is 18.3 Å². The molecule has 8 heteroatoms. The molecule has 0 aliphatic carbocycles. The maximum atomic E-state index is 12.6. The Morgan fingerprint density at radius 1 is 1.32 bits per heavy atom. The van der Waals surface area contributed by atoms with Crippen LogP contribution in [-0.2, 0) is 17.5 Å². The molecule has 0 atom stereocenters. The minimum atomic E-state index is -4.48. The minimum absolute atomic E-state index is 0.0470. The average Bonchev–Trinajstić information content (AvgIpc) is 2.92. The van der Waals surface area contributed by atoms with Gasteiger partial charge >= 0.3 is 6.18 Å². The third-order valence-electron chi connectivity index (χ3n) is 3.02. The number of nitrogens with zero attached hydrogens (tertiary/aromatic N) is 4. The Bertz CT molecular complexity index is 664. The molecule has 118 valence electrons. The van der Waals surface area contributed by atoms with E-state index < -0.39 is 11.9 Å². The Labute approximate surface area is 125 Å². The standard InChI is InChI=1S/C14H15F3N4O/c1-20(2)13(22)6-7-21-9-10(8-18-21)11-4-3-5-12(19-11)14(15,16)17/h3-5,8-9H,6-7H2,1-2H3. The number of carbonyl (C=O) groups excluding carboxylic acids is 1. The van der Waals surface area contributed by atoms with Gasteiger partial charge in [0, 0.05) is 38.8 Å². The second kappa shape index (κ2) is 6.17. The van der Waals surface area contributed by atoms with E-state index in [0.29, 0.717) is 12.1 Å². The highest BCUT2D eigenvalue weighted by molar-refractivity contribution is 5.75. The van der Waals surface area contributed by atoms with Gasteiger partial charge in [-0.05, 0) is 12.1 Å². The Kier molecular flexibility index (Phi) is 4.48. The van der Waals surface area contributed by atoms with Crippen molar-refractivity contribution in [1.82, 2.24) is 19.7 Å². The summed E-state index contributed by atoms with van der Waals surface area (Å²) >= 11 is 0. The molecule has 0 aliphatic rings. The van der Waals surface area contributed by atoms with Crippen LogP contribution in [0.2, 0.25) is 0 Å². The maximum Gasteiger partial charge on any atom is 0.433 e. The molecule has 0 bridgehead atoms. The van der Waals surface area contributed by atoms with Crippen molar-refractivity contribution in [3.63, 3.8) is 0 Å². The number of carbonyl (C=O) groups is 1. The number of pyridine rings is 1. The van der Waals surface area contributed by atoms with Gasteiger partial charge in [0.05, 0.1) is 11.9 Å². The molecule has 0 saturated carbocycles. The normalized spacial score (nSPS) is 11.5. The van der Waals surface area contributed by atoms with Crippen molar-refractivity contribution in [3.05, 3.63) is 36.3 Å². The molecule has 5 nitrogen and oxygen atoms in total. The summed E-state index contributed by atoms with van der Waals surface area (Å²) in [5.41, 5.74) is -0.274. The molecule has 2 aromatic heterocycles. The monoisotopic (exact) mass is 312 g/mol. The molecule has 0 saturated heterocycles. The molecule has 0 unspecified atom stereocenters. The van der Waals surface area contributed by atoms with Crippen molar-refractivity contribution < 1.29 is 18.0 Å². The summed E-state index contributed by atoms with van der Waals surface area (Å²) in [4.78, 5) is 16.6. The number of hydrogen-bond acceptors (Lipinski definition) is 3. The van der Waals surface area contributed by atoms with Gasteiger partial charge in [-0.15, -0.1) is 0 Å². The molecule has 0 aromatic carbocycles. The van der Waals surface area contributed by atoms with Crippen molar-refractivity contribution in [1.29, 1.82) is 0 Å². The van der Waals surface area contributed by atoms with E-state index in [4.69, 9.17) is 0 Å². The Morgan fingerprint density at radius 2 is 2.05 bits per heavy atom. The molecule has 0 fully saturated rings. The van der Waals surface area contributed by atoms with E-state index in [9.17, 15) is 18.0 Å². The summed E-state index contributed by atoms with van der Waals surface area (Å²) in [6.07, 6.45) is -1.21. The Balaban J connectivity index is 2.13. The number of aryl methyl sites for hydroxylation is 1. The first-order valence-electron chi connectivity index (χ1n) is 6.54. The van der Waals surface area contributed by atoms with Gasteiger partial charge < -0.3 is 4.90 Å². The molecule has 2 rings (SSSR count). The summed E-state index contributed by atoms with van der Waals surface area (Å²) in [5, 5.41) is 4.04. The first-order chi connectivity index (χ1) is 10.3. The molecular weight excluding hydrogens is 297 g/mol. The number of hydrogen-bond donors (Lipinski definition) is 0. The first-order valence-corrected chi connectivity index (χ1v) is 6.54. The van der Waals surface area contributed by atoms with E-state index in [2.05, 4.69) is 10.1 Å². The van der Waals surface area contributed by atoms with E-state index >= 15 is 0 Å². The van der Waals surface area contributed by atoms with Crippen molar-refractivity contribution >= 4 is 5.91 Å². The third kappa shape index (κ3) is 3.84. The topological polar surface area (TPSA) is 51.0 Å². The zero-order chi connectivity index (χ0) is 16.3. The zero-order valence-electron chi connectivity index (χ0n) is 12.1. The minimum Gasteiger partial charge on any atom is -0.349 e. The molecule has 1 amide bonds. The molecule has 2 heterocycles. The largest absolute Gasteiger partial charge is 0.433 e. The van der Waals surface area contributed by atoms with Crippen LogP contribution in [0.5, 0.6) is 0 Å². The molecular formula is C14H15F3N4O. The van der Waals surface area contributed by atoms with Crippen LogP contribution in [0.3, 0.4) is 0 Å². The highest BCUT2D eigenvalue weighted by atomic mass is 19.4. The van der Waals surface area contributed by atoms with Crippen LogP contribution in [-0.4, -0.2) is 39.7 Å². The molecule has 0 radical (unpaired) electrons. The van der Waals surface area contributed by atoms with Gasteiger partial charge in [-0.25, -0.2) is 4.98 Å². The van der Waals surface area contributed by atoms with Crippen molar-refractivity contribution in [2.24, 2.45) is 0 Å². The third-order valence-corrected chi connectivity index (χ3v) is 3.02. The van der Waals surface area contributed by atoms with Crippen molar-refractivity contribution in [2.45, 2.75) is 19.1 Å². The van der Waals surface area contributed by atoms with Gasteiger partial charge in [0.2, 0.25) is 5.91 Å². The second-order valence-corrected chi connectivity index (χ2v) is 4.94. The van der Waals surface area contributed by atoms with Crippen LogP contribution in [0.15, 0.2) is 30.6 Å². The van der Waals surface area contributed by atoms with Crippen LogP contribution >= 0.6 is 0 Å². The fraction of sp³-hybridized carbons (Fsp3) is 0.357. The smallest absolute Gasteiger partial charge is 0.349 e. The van der Waals surface area contributed by atoms with Crippen LogP contribution < -0.4 is 0 Å². The summed E-state index contributed by atoms with van der Waals surface area (Å²) < 4.78 is 39.5. The summed E-state index contributed by atoms with van der Waals surface area (Å²) in [6.45, 7) is 0.357. The first kappa shape index (κ1) is 16.0. The number of rotatable bonds is 4. The van der Waals surface area contributed by atoms with Gasteiger partial charge in [-0.3, -0.25) is 9.48 Å².